The fourth-order valence-electron chi connectivity index (χ4n) is 3.47. The number of likely N-dealkylation sites (tertiary alicyclic amines) is 1. The number of rotatable bonds is 6. The quantitative estimate of drug-likeness (QED) is 0.300. The second-order valence-electron chi connectivity index (χ2n) is 7.24. The van der Waals surface area contributed by atoms with Crippen LogP contribution in [0.1, 0.15) is 26.2 Å². The molecule has 0 spiro atoms. The van der Waals surface area contributed by atoms with Gasteiger partial charge in [-0.2, -0.15) is 13.2 Å². The molecule has 7 nitrogen and oxygen atoms in total. The van der Waals surface area contributed by atoms with Gasteiger partial charge in [-0.25, -0.2) is 8.42 Å². The summed E-state index contributed by atoms with van der Waals surface area (Å²) in [5.74, 6) is 0.436. The lowest BCUT2D eigenvalue weighted by molar-refractivity contribution is -0.143. The third-order valence-electron chi connectivity index (χ3n) is 5.08. The second-order valence-corrected chi connectivity index (χ2v) is 9.65. The first-order valence-corrected chi connectivity index (χ1v) is 11.0. The zero-order chi connectivity index (χ0) is 20.1. The van der Waals surface area contributed by atoms with Crippen LogP contribution in [0.4, 0.5) is 13.2 Å². The fraction of sp³-hybridized carbons (Fsp3) is 0.938. The third kappa shape index (κ3) is 7.48. The van der Waals surface area contributed by atoms with E-state index in [0.717, 1.165) is 0 Å². The minimum atomic E-state index is -4.21. The first kappa shape index (κ1) is 25.7. The number of nitrogens with one attached hydrogen (secondary N) is 2. The summed E-state index contributed by atoms with van der Waals surface area (Å²) < 4.78 is 66.6. The molecule has 166 valence electrons. The van der Waals surface area contributed by atoms with Crippen LogP contribution >= 0.6 is 24.0 Å². The minimum absolute atomic E-state index is 0. The van der Waals surface area contributed by atoms with Crippen molar-refractivity contribution < 1.29 is 26.3 Å². The summed E-state index contributed by atoms with van der Waals surface area (Å²) in [6.07, 6.45) is -1.64. The minimum Gasteiger partial charge on any atom is -0.381 e. The molecular weight excluding hydrogens is 512 g/mol. The molecule has 2 rings (SSSR count). The average molecular weight is 542 g/mol. The van der Waals surface area contributed by atoms with Gasteiger partial charge in [0.2, 0.25) is 0 Å². The molecular formula is C16H30F3IN4O3S. The summed E-state index contributed by atoms with van der Waals surface area (Å²) in [7, 11) is -3.33. The van der Waals surface area contributed by atoms with Crippen molar-refractivity contribution >= 4 is 39.8 Å². The number of hydrogen-bond acceptors (Lipinski definition) is 5. The number of guanidine groups is 1. The lowest BCUT2D eigenvalue weighted by atomic mass is 9.99. The topological polar surface area (TPSA) is 83.0 Å². The number of nitrogens with zero attached hydrogens (tertiary/aromatic N) is 2. The number of aliphatic imine (C=N–C) groups is 1. The Bertz CT molecular complexity index is 625. The van der Waals surface area contributed by atoms with Crippen molar-refractivity contribution in [2.24, 2.45) is 4.99 Å². The van der Waals surface area contributed by atoms with Crippen LogP contribution in [0.25, 0.3) is 0 Å². The molecule has 2 N–H and O–H groups in total. The van der Waals surface area contributed by atoms with Gasteiger partial charge in [0, 0.05) is 45.1 Å². The highest BCUT2D eigenvalue weighted by Crippen LogP contribution is 2.29. The predicted molar refractivity (Wildman–Crippen MR) is 113 cm³/mol. The van der Waals surface area contributed by atoms with Gasteiger partial charge >= 0.3 is 6.18 Å². The van der Waals surface area contributed by atoms with Crippen LogP contribution in [0, 0.1) is 0 Å². The van der Waals surface area contributed by atoms with E-state index in [0.29, 0.717) is 51.5 Å². The maximum Gasteiger partial charge on any atom is 0.401 e. The first-order chi connectivity index (χ1) is 12.5. The molecule has 2 saturated heterocycles. The molecule has 0 aromatic heterocycles. The Morgan fingerprint density at radius 1 is 1.32 bits per heavy atom. The number of ether oxygens (including phenoxy) is 1. The highest BCUT2D eigenvalue weighted by atomic mass is 127. The third-order valence-corrected chi connectivity index (χ3v) is 7.19. The van der Waals surface area contributed by atoms with Gasteiger partial charge < -0.3 is 15.4 Å². The van der Waals surface area contributed by atoms with Crippen molar-refractivity contribution in [3.05, 3.63) is 0 Å². The Balaban J connectivity index is 0.00000392. The highest BCUT2D eigenvalue weighted by molar-refractivity contribution is 14.0. The van der Waals surface area contributed by atoms with E-state index >= 15 is 0 Å². The van der Waals surface area contributed by atoms with Crippen molar-refractivity contribution in [1.29, 1.82) is 0 Å². The van der Waals surface area contributed by atoms with E-state index < -0.39 is 27.3 Å². The molecule has 0 amide bonds. The van der Waals surface area contributed by atoms with E-state index in [1.54, 1.807) is 0 Å². The van der Waals surface area contributed by atoms with Crippen LogP contribution in [0.3, 0.4) is 0 Å². The molecule has 12 heteroatoms. The summed E-state index contributed by atoms with van der Waals surface area (Å²) in [4.78, 5) is 5.82. The van der Waals surface area contributed by atoms with Gasteiger partial charge in [-0.05, 0) is 26.2 Å². The molecule has 1 unspecified atom stereocenters. The van der Waals surface area contributed by atoms with E-state index in [4.69, 9.17) is 4.74 Å². The van der Waals surface area contributed by atoms with Crippen LogP contribution in [0.15, 0.2) is 4.99 Å². The first-order valence-electron chi connectivity index (χ1n) is 9.16. The number of alkyl halides is 3. The molecule has 0 aliphatic carbocycles. The Labute approximate surface area is 181 Å². The lowest BCUT2D eigenvalue weighted by Gasteiger charge is -2.34. The average Bonchev–Trinajstić information content (AvgIpc) is 2.97. The van der Waals surface area contributed by atoms with E-state index in [2.05, 4.69) is 15.6 Å². The van der Waals surface area contributed by atoms with Crippen molar-refractivity contribution in [1.82, 2.24) is 15.5 Å². The summed E-state index contributed by atoms with van der Waals surface area (Å²) >= 11 is 0. The number of halogens is 4. The molecule has 0 aromatic carbocycles. The Hall–Kier alpha value is -0.340. The van der Waals surface area contributed by atoms with Crippen LogP contribution < -0.4 is 10.6 Å². The van der Waals surface area contributed by atoms with E-state index in [1.165, 1.54) is 11.2 Å². The van der Waals surface area contributed by atoms with E-state index in [9.17, 15) is 21.6 Å². The zero-order valence-electron chi connectivity index (χ0n) is 16.2. The second kappa shape index (κ2) is 10.6. The van der Waals surface area contributed by atoms with Crippen LogP contribution in [-0.4, -0.2) is 88.4 Å². The Morgan fingerprint density at radius 2 is 1.96 bits per heavy atom. The van der Waals surface area contributed by atoms with Crippen LogP contribution in [0.5, 0.6) is 0 Å². The lowest BCUT2D eigenvalue weighted by Crippen LogP contribution is -2.49. The normalized spacial score (nSPS) is 23.9. The standard InChI is InChI=1S/C16H29F3N4O3S.HI/c1-3-20-14(22-13-4-7-23(10-13)12-16(17,18)19)21-11-15(27(2,24)25)5-8-26-9-6-15;/h13H,3-12H2,1-2H3,(H2,20,21,22);1H. The number of sulfone groups is 1. The van der Waals surface area contributed by atoms with Gasteiger partial charge in [-0.1, -0.05) is 0 Å². The van der Waals surface area contributed by atoms with Crippen molar-refractivity contribution in [3.8, 4) is 0 Å². The van der Waals surface area contributed by atoms with Gasteiger partial charge in [0.15, 0.2) is 15.8 Å². The molecule has 2 heterocycles. The summed E-state index contributed by atoms with van der Waals surface area (Å²) in [5.41, 5.74) is 0. The molecule has 28 heavy (non-hydrogen) atoms. The maximum absolute atomic E-state index is 12.5. The van der Waals surface area contributed by atoms with E-state index in [-0.39, 0.29) is 43.1 Å². The smallest absolute Gasteiger partial charge is 0.381 e. The Morgan fingerprint density at radius 3 is 2.50 bits per heavy atom. The van der Waals surface area contributed by atoms with Gasteiger partial charge in [-0.3, -0.25) is 9.89 Å². The fourth-order valence-corrected chi connectivity index (χ4v) is 4.68. The van der Waals surface area contributed by atoms with Gasteiger partial charge in [0.1, 0.15) is 0 Å². The SMILES string of the molecule is CCNC(=NCC1(S(C)(=O)=O)CCOCC1)NC1CCN(CC(F)(F)F)C1.I. The van der Waals surface area contributed by atoms with Gasteiger partial charge in [-0.15, -0.1) is 24.0 Å². The van der Waals surface area contributed by atoms with Crippen molar-refractivity contribution in [2.45, 2.75) is 43.2 Å². The monoisotopic (exact) mass is 542 g/mol. The predicted octanol–water partition coefficient (Wildman–Crippen LogP) is 1.39. The molecule has 1 atom stereocenters. The van der Waals surface area contributed by atoms with Crippen molar-refractivity contribution in [2.75, 3.05) is 52.2 Å². The van der Waals surface area contributed by atoms with Crippen molar-refractivity contribution in [3.63, 3.8) is 0 Å². The molecule has 2 aliphatic heterocycles. The Kier molecular flexibility index (Phi) is 9.74. The zero-order valence-corrected chi connectivity index (χ0v) is 19.4. The molecule has 0 saturated carbocycles. The van der Waals surface area contributed by atoms with Crippen LogP contribution in [0.2, 0.25) is 0 Å². The van der Waals surface area contributed by atoms with Crippen LogP contribution in [-0.2, 0) is 14.6 Å². The maximum atomic E-state index is 12.5. The molecule has 0 radical (unpaired) electrons. The molecule has 2 aliphatic rings. The van der Waals surface area contributed by atoms with Gasteiger partial charge in [0.25, 0.3) is 0 Å². The number of hydrogen-bond donors (Lipinski definition) is 2. The van der Waals surface area contributed by atoms with E-state index in [1.807, 2.05) is 6.92 Å². The molecule has 2 fully saturated rings. The summed E-state index contributed by atoms with van der Waals surface area (Å²) in [6, 6.07) is -0.158. The molecule has 0 aromatic rings. The summed E-state index contributed by atoms with van der Waals surface area (Å²) in [6.45, 7) is 3.02. The summed E-state index contributed by atoms with van der Waals surface area (Å²) in [5, 5.41) is 6.20. The molecule has 0 bridgehead atoms. The van der Waals surface area contributed by atoms with Gasteiger partial charge in [0.05, 0.1) is 17.8 Å². The largest absolute Gasteiger partial charge is 0.401 e. The highest BCUT2D eigenvalue weighted by Gasteiger charge is 2.42.